The molecule has 1 saturated carbocycles. The van der Waals surface area contributed by atoms with Crippen LogP contribution < -0.4 is 4.90 Å². The fourth-order valence-electron chi connectivity index (χ4n) is 4.96. The van der Waals surface area contributed by atoms with Crippen LogP contribution in [0.4, 0.5) is 9.52 Å². The van der Waals surface area contributed by atoms with E-state index < -0.39 is 0 Å². The van der Waals surface area contributed by atoms with Crippen molar-refractivity contribution in [2.75, 3.05) is 31.1 Å². The third-order valence-corrected chi connectivity index (χ3v) is 8.02. The molecule has 5 rings (SSSR count). The normalized spacial score (nSPS) is 17.9. The number of benzene rings is 1. The second-order valence-electron chi connectivity index (χ2n) is 9.03. The molecule has 1 aliphatic carbocycles. The fourth-order valence-corrected chi connectivity index (χ4v) is 6.00. The van der Waals surface area contributed by atoms with Gasteiger partial charge in [0.1, 0.15) is 5.82 Å². The van der Waals surface area contributed by atoms with E-state index in [1.165, 1.54) is 37.8 Å². The van der Waals surface area contributed by atoms with Crippen molar-refractivity contribution in [2.24, 2.45) is 5.92 Å². The van der Waals surface area contributed by atoms with Gasteiger partial charge in [0.25, 0.3) is 0 Å². The van der Waals surface area contributed by atoms with Crippen molar-refractivity contribution in [1.29, 1.82) is 0 Å². The largest absolute Gasteiger partial charge is 0.346 e. The van der Waals surface area contributed by atoms with Crippen molar-refractivity contribution < 1.29 is 9.18 Å². The topological polar surface area (TPSA) is 54.3 Å². The van der Waals surface area contributed by atoms with Gasteiger partial charge >= 0.3 is 0 Å². The molecule has 2 aliphatic rings. The average molecular weight is 456 g/mol. The van der Waals surface area contributed by atoms with Gasteiger partial charge < -0.3 is 9.80 Å². The number of aryl methyl sites for hydroxylation is 1. The van der Waals surface area contributed by atoms with Gasteiger partial charge in [0.2, 0.25) is 5.91 Å². The molecule has 0 spiro atoms. The standard InChI is InChI=1S/C24H30FN5OS/c1-17-22-23(30(27-17)20-10-8-19(25)9-11-20)26-24(32-22)29-14-4-13-28(15-16-29)21(31)12-7-18-5-2-3-6-18/h8-11,18H,2-7,12-16H2,1H3. The summed E-state index contributed by atoms with van der Waals surface area (Å²) >= 11 is 1.65. The van der Waals surface area contributed by atoms with E-state index in [2.05, 4.69) is 10.00 Å². The molecule has 6 nitrogen and oxygen atoms in total. The third-order valence-electron chi connectivity index (χ3n) is 6.81. The van der Waals surface area contributed by atoms with E-state index in [9.17, 15) is 9.18 Å². The van der Waals surface area contributed by atoms with E-state index in [-0.39, 0.29) is 5.82 Å². The highest BCUT2D eigenvalue weighted by molar-refractivity contribution is 7.22. The van der Waals surface area contributed by atoms with Crippen molar-refractivity contribution in [1.82, 2.24) is 19.7 Å². The van der Waals surface area contributed by atoms with Gasteiger partial charge in [-0.1, -0.05) is 37.0 Å². The van der Waals surface area contributed by atoms with Gasteiger partial charge in [0.15, 0.2) is 10.8 Å². The van der Waals surface area contributed by atoms with Gasteiger partial charge in [0.05, 0.1) is 16.1 Å². The maximum atomic E-state index is 13.3. The molecular weight excluding hydrogens is 425 g/mol. The quantitative estimate of drug-likeness (QED) is 0.547. The minimum Gasteiger partial charge on any atom is -0.346 e. The Morgan fingerprint density at radius 1 is 1.09 bits per heavy atom. The summed E-state index contributed by atoms with van der Waals surface area (Å²) in [5.41, 5.74) is 2.53. The Morgan fingerprint density at radius 2 is 1.88 bits per heavy atom. The predicted octanol–water partition coefficient (Wildman–Crippen LogP) is 4.94. The first-order chi connectivity index (χ1) is 15.6. The van der Waals surface area contributed by atoms with Crippen LogP contribution >= 0.6 is 11.3 Å². The molecule has 0 unspecified atom stereocenters. The summed E-state index contributed by atoms with van der Waals surface area (Å²) in [5.74, 6) is 0.805. The van der Waals surface area contributed by atoms with Crippen LogP contribution in [0, 0.1) is 18.7 Å². The van der Waals surface area contributed by atoms with Crippen LogP contribution in [-0.2, 0) is 4.79 Å². The molecule has 0 radical (unpaired) electrons. The SMILES string of the molecule is Cc1nn(-c2ccc(F)cc2)c2nc(N3CCCN(C(=O)CCC4CCCC4)CC3)sc12. The van der Waals surface area contributed by atoms with Crippen LogP contribution in [0.2, 0.25) is 0 Å². The van der Waals surface area contributed by atoms with Crippen LogP contribution in [0.1, 0.15) is 50.6 Å². The molecule has 3 aromatic rings. The lowest BCUT2D eigenvalue weighted by atomic mass is 10.0. The summed E-state index contributed by atoms with van der Waals surface area (Å²) < 4.78 is 16.2. The monoisotopic (exact) mass is 455 g/mol. The van der Waals surface area contributed by atoms with Crippen molar-refractivity contribution in [3.63, 3.8) is 0 Å². The van der Waals surface area contributed by atoms with E-state index >= 15 is 0 Å². The predicted molar refractivity (Wildman–Crippen MR) is 126 cm³/mol. The Hall–Kier alpha value is -2.48. The molecule has 2 fully saturated rings. The van der Waals surface area contributed by atoms with Crippen molar-refractivity contribution in [2.45, 2.75) is 51.9 Å². The highest BCUT2D eigenvalue weighted by atomic mass is 32.1. The molecule has 1 amide bonds. The number of hydrogen-bond donors (Lipinski definition) is 0. The number of hydrogen-bond acceptors (Lipinski definition) is 5. The molecule has 0 bridgehead atoms. The fraction of sp³-hybridized carbons (Fsp3) is 0.542. The first-order valence-electron chi connectivity index (χ1n) is 11.7. The van der Waals surface area contributed by atoms with Gasteiger partial charge in [-0.3, -0.25) is 4.79 Å². The number of anilines is 1. The van der Waals surface area contributed by atoms with Crippen LogP contribution in [0.3, 0.4) is 0 Å². The van der Waals surface area contributed by atoms with E-state index in [0.717, 1.165) is 71.8 Å². The average Bonchev–Trinajstić information content (AvgIpc) is 3.48. The van der Waals surface area contributed by atoms with Crippen LogP contribution in [0.25, 0.3) is 16.0 Å². The minimum absolute atomic E-state index is 0.264. The highest BCUT2D eigenvalue weighted by Crippen LogP contribution is 2.33. The Balaban J connectivity index is 1.27. The molecule has 1 aromatic carbocycles. The number of carbonyl (C=O) groups excluding carboxylic acids is 1. The summed E-state index contributed by atoms with van der Waals surface area (Å²) in [6.45, 7) is 5.26. The Kier molecular flexibility index (Phi) is 6.13. The van der Waals surface area contributed by atoms with Crippen molar-refractivity contribution in [3.05, 3.63) is 35.8 Å². The number of thiazole rings is 1. The lowest BCUT2D eigenvalue weighted by Gasteiger charge is -2.22. The molecule has 32 heavy (non-hydrogen) atoms. The second-order valence-corrected chi connectivity index (χ2v) is 10.0. The Morgan fingerprint density at radius 3 is 2.66 bits per heavy atom. The second kappa shape index (κ2) is 9.17. The van der Waals surface area contributed by atoms with E-state index in [4.69, 9.17) is 4.98 Å². The van der Waals surface area contributed by atoms with Gasteiger partial charge in [-0.25, -0.2) is 9.07 Å². The summed E-state index contributed by atoms with van der Waals surface area (Å²) in [6, 6.07) is 6.33. The van der Waals surface area contributed by atoms with E-state index in [1.54, 1.807) is 28.2 Å². The maximum absolute atomic E-state index is 13.3. The number of amides is 1. The first-order valence-corrected chi connectivity index (χ1v) is 12.5. The number of halogens is 1. The zero-order chi connectivity index (χ0) is 22.1. The Labute approximate surface area is 192 Å². The Bertz CT molecular complexity index is 1090. The minimum atomic E-state index is -0.264. The summed E-state index contributed by atoms with van der Waals surface area (Å²) in [7, 11) is 0. The highest BCUT2D eigenvalue weighted by Gasteiger charge is 2.24. The summed E-state index contributed by atoms with van der Waals surface area (Å²) in [5, 5.41) is 5.58. The van der Waals surface area contributed by atoms with Crippen molar-refractivity contribution in [3.8, 4) is 5.69 Å². The van der Waals surface area contributed by atoms with Crippen LogP contribution in [0.15, 0.2) is 24.3 Å². The first kappa shape index (κ1) is 21.4. The van der Waals surface area contributed by atoms with Crippen LogP contribution in [-0.4, -0.2) is 51.8 Å². The number of carbonyl (C=O) groups is 1. The molecule has 3 heterocycles. The number of fused-ring (bicyclic) bond motifs is 1. The number of aromatic nitrogens is 3. The smallest absolute Gasteiger partial charge is 0.222 e. The third kappa shape index (κ3) is 4.37. The van der Waals surface area contributed by atoms with Gasteiger partial charge in [-0.2, -0.15) is 10.1 Å². The molecule has 1 saturated heterocycles. The molecule has 1 aliphatic heterocycles. The molecular formula is C24H30FN5OS. The lowest BCUT2D eigenvalue weighted by Crippen LogP contribution is -2.35. The zero-order valence-electron chi connectivity index (χ0n) is 18.6. The summed E-state index contributed by atoms with van der Waals surface area (Å²) in [6.07, 6.45) is 7.96. The summed E-state index contributed by atoms with van der Waals surface area (Å²) in [4.78, 5) is 22.0. The molecule has 170 valence electrons. The maximum Gasteiger partial charge on any atom is 0.222 e. The van der Waals surface area contributed by atoms with Gasteiger partial charge in [-0.15, -0.1) is 0 Å². The molecule has 0 atom stereocenters. The number of nitrogens with zero attached hydrogens (tertiary/aromatic N) is 5. The van der Waals surface area contributed by atoms with E-state index in [0.29, 0.717) is 12.3 Å². The van der Waals surface area contributed by atoms with Crippen LogP contribution in [0.5, 0.6) is 0 Å². The molecule has 0 N–H and O–H groups in total. The number of rotatable bonds is 5. The molecule has 2 aromatic heterocycles. The van der Waals surface area contributed by atoms with E-state index in [1.807, 2.05) is 11.8 Å². The molecule has 8 heteroatoms. The zero-order valence-corrected chi connectivity index (χ0v) is 19.4. The van der Waals surface area contributed by atoms with Crippen molar-refractivity contribution >= 4 is 32.7 Å². The lowest BCUT2D eigenvalue weighted by molar-refractivity contribution is -0.131. The van der Waals surface area contributed by atoms with Gasteiger partial charge in [0, 0.05) is 32.6 Å². The van der Waals surface area contributed by atoms with Gasteiger partial charge in [-0.05, 0) is 49.9 Å².